The van der Waals surface area contributed by atoms with Gasteiger partial charge in [0.05, 0.1) is 0 Å². The van der Waals surface area contributed by atoms with Crippen molar-refractivity contribution in [3.63, 3.8) is 0 Å². The van der Waals surface area contributed by atoms with E-state index in [0.717, 1.165) is 23.4 Å². The number of amides is 1. The largest absolute Gasteiger partial charge is 0.480 e. The molecule has 3 rings (SSSR count). The number of aliphatic carboxylic acids is 1. The van der Waals surface area contributed by atoms with Gasteiger partial charge in [-0.2, -0.15) is 0 Å². The van der Waals surface area contributed by atoms with Crippen LogP contribution in [0.1, 0.15) is 24.8 Å². The summed E-state index contributed by atoms with van der Waals surface area (Å²) in [6.45, 7) is 1.47. The predicted octanol–water partition coefficient (Wildman–Crippen LogP) is 2.18. The van der Waals surface area contributed by atoms with Gasteiger partial charge in [-0.05, 0) is 30.2 Å². The number of rotatable bonds is 2. The Kier molecular flexibility index (Phi) is 2.97. The van der Waals surface area contributed by atoms with E-state index in [1.54, 1.807) is 6.07 Å². The molecule has 1 aliphatic heterocycles. The average Bonchev–Trinajstić information content (AvgIpc) is 2.86. The van der Waals surface area contributed by atoms with Gasteiger partial charge in [-0.15, -0.1) is 0 Å². The van der Waals surface area contributed by atoms with E-state index in [-0.39, 0.29) is 17.7 Å². The van der Waals surface area contributed by atoms with Crippen molar-refractivity contribution >= 4 is 23.3 Å². The third-order valence-electron chi connectivity index (χ3n) is 3.95. The van der Waals surface area contributed by atoms with Crippen LogP contribution in [0.5, 0.6) is 0 Å². The second-order valence-corrected chi connectivity index (χ2v) is 5.30. The predicted molar refractivity (Wildman–Crippen MR) is 75.8 cm³/mol. The SMILES string of the molecule is CC(=O)Nc1ccc2c(c1)[C@@H]1C=CC[C@@H]1[C@@H](C(=O)O)N2. The summed E-state index contributed by atoms with van der Waals surface area (Å²) in [5.41, 5.74) is 2.62. The van der Waals surface area contributed by atoms with Gasteiger partial charge in [0.15, 0.2) is 0 Å². The lowest BCUT2D eigenvalue weighted by atomic mass is 9.79. The molecule has 104 valence electrons. The van der Waals surface area contributed by atoms with E-state index in [4.69, 9.17) is 0 Å². The smallest absolute Gasteiger partial charge is 0.326 e. The van der Waals surface area contributed by atoms with Crippen LogP contribution in [0.4, 0.5) is 11.4 Å². The third-order valence-corrected chi connectivity index (χ3v) is 3.95. The molecule has 3 N–H and O–H groups in total. The van der Waals surface area contributed by atoms with Crippen molar-refractivity contribution in [2.24, 2.45) is 5.92 Å². The molecular weight excluding hydrogens is 256 g/mol. The first-order valence-electron chi connectivity index (χ1n) is 6.64. The molecule has 3 atom stereocenters. The first-order chi connectivity index (χ1) is 9.56. The minimum Gasteiger partial charge on any atom is -0.480 e. The van der Waals surface area contributed by atoms with Crippen molar-refractivity contribution in [3.05, 3.63) is 35.9 Å². The maximum absolute atomic E-state index is 11.4. The quantitative estimate of drug-likeness (QED) is 0.721. The fourth-order valence-corrected chi connectivity index (χ4v) is 3.12. The summed E-state index contributed by atoms with van der Waals surface area (Å²) >= 11 is 0. The summed E-state index contributed by atoms with van der Waals surface area (Å²) < 4.78 is 0. The number of hydrogen-bond acceptors (Lipinski definition) is 3. The molecule has 0 unspecified atom stereocenters. The van der Waals surface area contributed by atoms with E-state index in [1.807, 2.05) is 18.2 Å². The Morgan fingerprint density at radius 1 is 1.40 bits per heavy atom. The van der Waals surface area contributed by atoms with E-state index >= 15 is 0 Å². The molecular formula is C15H16N2O3. The Morgan fingerprint density at radius 3 is 2.90 bits per heavy atom. The second kappa shape index (κ2) is 4.67. The number of allylic oxidation sites excluding steroid dienone is 2. The van der Waals surface area contributed by atoms with E-state index in [2.05, 4.69) is 16.7 Å². The van der Waals surface area contributed by atoms with E-state index < -0.39 is 12.0 Å². The number of carboxylic acids is 1. The standard InChI is InChI=1S/C15H16N2O3/c1-8(18)16-9-5-6-13-12(7-9)10-3-2-4-11(10)14(17-13)15(19)20/h2-3,5-7,10-11,14,17H,4H2,1H3,(H,16,18)(H,19,20)/t10-,11+,14+/m1/s1. The summed E-state index contributed by atoms with van der Waals surface area (Å²) in [7, 11) is 0. The van der Waals surface area contributed by atoms with Crippen molar-refractivity contribution in [2.75, 3.05) is 10.6 Å². The monoisotopic (exact) mass is 272 g/mol. The normalized spacial score (nSPS) is 26.4. The van der Waals surface area contributed by atoms with E-state index in [0.29, 0.717) is 0 Å². The van der Waals surface area contributed by atoms with Crippen LogP contribution in [0.15, 0.2) is 30.4 Å². The van der Waals surface area contributed by atoms with Gasteiger partial charge in [-0.1, -0.05) is 12.2 Å². The molecule has 0 saturated carbocycles. The zero-order valence-electron chi connectivity index (χ0n) is 11.1. The van der Waals surface area contributed by atoms with E-state index in [1.165, 1.54) is 6.92 Å². The molecule has 5 nitrogen and oxygen atoms in total. The Hall–Kier alpha value is -2.30. The zero-order valence-corrected chi connectivity index (χ0v) is 11.1. The molecule has 1 aromatic carbocycles. The van der Waals surface area contributed by atoms with Crippen molar-refractivity contribution in [2.45, 2.75) is 25.3 Å². The van der Waals surface area contributed by atoms with Crippen molar-refractivity contribution in [3.8, 4) is 0 Å². The number of anilines is 2. The number of hydrogen-bond donors (Lipinski definition) is 3. The van der Waals surface area contributed by atoms with Crippen molar-refractivity contribution < 1.29 is 14.7 Å². The Bertz CT molecular complexity index is 609. The minimum atomic E-state index is -0.819. The molecule has 1 heterocycles. The number of fused-ring (bicyclic) bond motifs is 3. The summed E-state index contributed by atoms with van der Waals surface area (Å²) in [6, 6.07) is 4.98. The summed E-state index contributed by atoms with van der Waals surface area (Å²) in [4.78, 5) is 22.5. The van der Waals surface area contributed by atoms with Crippen LogP contribution in [0.2, 0.25) is 0 Å². The average molecular weight is 272 g/mol. The maximum atomic E-state index is 11.4. The minimum absolute atomic E-state index is 0.0348. The first-order valence-corrected chi connectivity index (χ1v) is 6.64. The summed E-state index contributed by atoms with van der Waals surface area (Å²) in [5.74, 6) is -0.801. The molecule has 20 heavy (non-hydrogen) atoms. The molecule has 0 spiro atoms. The van der Waals surface area contributed by atoms with Crippen molar-refractivity contribution in [1.29, 1.82) is 0 Å². The van der Waals surface area contributed by atoms with Gasteiger partial charge >= 0.3 is 5.97 Å². The highest BCUT2D eigenvalue weighted by Gasteiger charge is 2.40. The lowest BCUT2D eigenvalue weighted by molar-refractivity contribution is -0.139. The molecule has 0 saturated heterocycles. The highest BCUT2D eigenvalue weighted by Crippen LogP contribution is 2.45. The Labute approximate surface area is 116 Å². The summed E-state index contributed by atoms with van der Waals surface area (Å²) in [6.07, 6.45) is 4.86. The summed E-state index contributed by atoms with van der Waals surface area (Å²) in [5, 5.41) is 15.2. The lowest BCUT2D eigenvalue weighted by Crippen LogP contribution is -2.41. The number of benzene rings is 1. The third kappa shape index (κ3) is 2.05. The van der Waals surface area contributed by atoms with Gasteiger partial charge in [-0.25, -0.2) is 4.79 Å². The van der Waals surface area contributed by atoms with Gasteiger partial charge < -0.3 is 15.7 Å². The van der Waals surface area contributed by atoms with Gasteiger partial charge in [0.25, 0.3) is 0 Å². The molecule has 1 amide bonds. The van der Waals surface area contributed by atoms with Gasteiger partial charge in [-0.3, -0.25) is 4.79 Å². The van der Waals surface area contributed by atoms with Gasteiger partial charge in [0.2, 0.25) is 5.91 Å². The zero-order chi connectivity index (χ0) is 14.3. The van der Waals surface area contributed by atoms with Crippen LogP contribution in [-0.4, -0.2) is 23.0 Å². The second-order valence-electron chi connectivity index (χ2n) is 5.30. The number of nitrogens with one attached hydrogen (secondary N) is 2. The Morgan fingerprint density at radius 2 is 2.20 bits per heavy atom. The fourth-order valence-electron chi connectivity index (χ4n) is 3.12. The van der Waals surface area contributed by atoms with Gasteiger partial charge in [0.1, 0.15) is 6.04 Å². The first kappa shape index (κ1) is 12.7. The van der Waals surface area contributed by atoms with Crippen LogP contribution < -0.4 is 10.6 Å². The van der Waals surface area contributed by atoms with Crippen molar-refractivity contribution in [1.82, 2.24) is 0 Å². The van der Waals surface area contributed by atoms with Crippen LogP contribution in [-0.2, 0) is 9.59 Å². The highest BCUT2D eigenvalue weighted by molar-refractivity contribution is 5.89. The highest BCUT2D eigenvalue weighted by atomic mass is 16.4. The molecule has 2 aliphatic rings. The molecule has 0 aromatic heterocycles. The van der Waals surface area contributed by atoms with Crippen LogP contribution >= 0.6 is 0 Å². The van der Waals surface area contributed by atoms with E-state index in [9.17, 15) is 14.7 Å². The molecule has 1 aliphatic carbocycles. The van der Waals surface area contributed by atoms with Crippen LogP contribution in [0.3, 0.4) is 0 Å². The number of carbonyl (C=O) groups is 2. The Balaban J connectivity index is 2.00. The fraction of sp³-hybridized carbons (Fsp3) is 0.333. The van der Waals surface area contributed by atoms with Crippen LogP contribution in [0.25, 0.3) is 0 Å². The molecule has 0 bridgehead atoms. The molecule has 0 radical (unpaired) electrons. The topological polar surface area (TPSA) is 78.4 Å². The lowest BCUT2D eigenvalue weighted by Gasteiger charge is -2.34. The number of carboxylic acid groups (broad SMARTS) is 1. The molecule has 5 heteroatoms. The maximum Gasteiger partial charge on any atom is 0.326 e. The van der Waals surface area contributed by atoms with Crippen LogP contribution in [0, 0.1) is 5.92 Å². The molecule has 0 fully saturated rings. The van der Waals surface area contributed by atoms with Gasteiger partial charge in [0, 0.05) is 30.1 Å². The molecule has 1 aromatic rings. The number of carbonyl (C=O) groups excluding carboxylic acids is 1.